The molecule has 8 heteroatoms. The maximum absolute atomic E-state index is 12.9. The summed E-state index contributed by atoms with van der Waals surface area (Å²) in [5.41, 5.74) is 4.90. The summed E-state index contributed by atoms with van der Waals surface area (Å²) in [6.07, 6.45) is -0.508. The number of guanidine groups is 1. The molecule has 0 aliphatic carbocycles. The summed E-state index contributed by atoms with van der Waals surface area (Å²) in [5.74, 6) is 0.528. The zero-order valence-corrected chi connectivity index (χ0v) is 20.1. The van der Waals surface area contributed by atoms with Gasteiger partial charge in [0.25, 0.3) is 5.91 Å². The molecule has 3 heterocycles. The first-order valence-electron chi connectivity index (χ1n) is 11.9. The van der Waals surface area contributed by atoms with Crippen molar-refractivity contribution in [2.24, 2.45) is 4.99 Å². The number of likely N-dealkylation sites (N-methyl/N-ethyl adjacent to an activating group) is 1. The third kappa shape index (κ3) is 4.37. The number of aryl methyl sites for hydroxylation is 2. The SMILES string of the molecule is Cc1ccc(CN2CCN(C3=NC4C(C(=O)NC(=O)N4C)N3Cc3cccc(C)c3)CC2)cc1. The highest BCUT2D eigenvalue weighted by molar-refractivity contribution is 6.03. The second kappa shape index (κ2) is 9.10. The number of amides is 3. The number of imide groups is 1. The minimum absolute atomic E-state index is 0.280. The number of aliphatic imine (C=N–C) groups is 1. The van der Waals surface area contributed by atoms with Crippen molar-refractivity contribution in [1.82, 2.24) is 24.9 Å². The van der Waals surface area contributed by atoms with E-state index < -0.39 is 18.2 Å². The molecule has 2 unspecified atom stereocenters. The highest BCUT2D eigenvalue weighted by Gasteiger charge is 2.49. The van der Waals surface area contributed by atoms with Crippen LogP contribution in [-0.2, 0) is 17.9 Å². The van der Waals surface area contributed by atoms with Gasteiger partial charge in [0.15, 0.2) is 18.2 Å². The monoisotopic (exact) mass is 460 g/mol. The molecule has 2 atom stereocenters. The Morgan fingerprint density at radius 2 is 1.65 bits per heavy atom. The first-order chi connectivity index (χ1) is 16.4. The number of hydrogen-bond donors (Lipinski definition) is 1. The summed E-state index contributed by atoms with van der Waals surface area (Å²) in [6, 6.07) is 16.1. The summed E-state index contributed by atoms with van der Waals surface area (Å²) >= 11 is 0. The molecule has 34 heavy (non-hydrogen) atoms. The number of nitrogens with zero attached hydrogens (tertiary/aromatic N) is 5. The van der Waals surface area contributed by atoms with Crippen LogP contribution in [0.3, 0.4) is 0 Å². The van der Waals surface area contributed by atoms with Crippen LogP contribution in [0.15, 0.2) is 53.5 Å². The van der Waals surface area contributed by atoms with Crippen molar-refractivity contribution >= 4 is 17.9 Å². The molecular formula is C26H32N6O2. The number of piperazine rings is 1. The smallest absolute Gasteiger partial charge is 0.325 e. The first kappa shape index (κ1) is 22.4. The van der Waals surface area contributed by atoms with Crippen molar-refractivity contribution < 1.29 is 9.59 Å². The molecule has 1 N–H and O–H groups in total. The van der Waals surface area contributed by atoms with Crippen LogP contribution in [-0.4, -0.2) is 82.9 Å². The molecule has 2 saturated heterocycles. The van der Waals surface area contributed by atoms with Crippen molar-refractivity contribution in [2.75, 3.05) is 33.2 Å². The lowest BCUT2D eigenvalue weighted by atomic mass is 10.1. The van der Waals surface area contributed by atoms with Gasteiger partial charge in [-0.25, -0.2) is 9.79 Å². The van der Waals surface area contributed by atoms with Crippen LogP contribution < -0.4 is 5.32 Å². The summed E-state index contributed by atoms with van der Waals surface area (Å²) in [7, 11) is 1.70. The zero-order valence-electron chi connectivity index (χ0n) is 20.1. The number of benzene rings is 2. The van der Waals surface area contributed by atoms with E-state index in [0.717, 1.165) is 44.2 Å². The average Bonchev–Trinajstić information content (AvgIpc) is 3.19. The molecule has 3 aliphatic heterocycles. The zero-order chi connectivity index (χ0) is 23.8. The van der Waals surface area contributed by atoms with Gasteiger partial charge in [-0.1, -0.05) is 59.7 Å². The van der Waals surface area contributed by atoms with E-state index in [-0.39, 0.29) is 5.91 Å². The van der Waals surface area contributed by atoms with Gasteiger partial charge in [0, 0.05) is 46.3 Å². The Kier molecular flexibility index (Phi) is 6.00. The molecule has 2 aromatic rings. The van der Waals surface area contributed by atoms with E-state index in [9.17, 15) is 9.59 Å². The molecule has 2 fully saturated rings. The highest BCUT2D eigenvalue weighted by atomic mass is 16.2. The minimum atomic E-state index is -0.524. The number of carbonyl (C=O) groups is 2. The molecule has 0 spiro atoms. The lowest BCUT2D eigenvalue weighted by Gasteiger charge is -2.40. The highest BCUT2D eigenvalue weighted by Crippen LogP contribution is 2.28. The lowest BCUT2D eigenvalue weighted by molar-refractivity contribution is -0.127. The summed E-state index contributed by atoms with van der Waals surface area (Å²) in [6.45, 7) is 9.16. The second-order valence-corrected chi connectivity index (χ2v) is 9.56. The van der Waals surface area contributed by atoms with Gasteiger partial charge in [-0.3, -0.25) is 15.0 Å². The number of urea groups is 1. The predicted octanol–water partition coefficient (Wildman–Crippen LogP) is 2.17. The second-order valence-electron chi connectivity index (χ2n) is 9.56. The van der Waals surface area contributed by atoms with Crippen LogP contribution in [0.5, 0.6) is 0 Å². The quantitative estimate of drug-likeness (QED) is 0.757. The molecule has 3 amide bonds. The van der Waals surface area contributed by atoms with Crippen molar-refractivity contribution in [2.45, 2.75) is 39.1 Å². The van der Waals surface area contributed by atoms with Crippen molar-refractivity contribution in [3.05, 3.63) is 70.8 Å². The van der Waals surface area contributed by atoms with Crippen LogP contribution in [0.4, 0.5) is 4.79 Å². The fourth-order valence-corrected chi connectivity index (χ4v) is 5.01. The molecular weight excluding hydrogens is 428 g/mol. The molecule has 3 aliphatic rings. The predicted molar refractivity (Wildman–Crippen MR) is 131 cm³/mol. The Labute approximate surface area is 200 Å². The van der Waals surface area contributed by atoms with Gasteiger partial charge in [-0.05, 0) is 25.0 Å². The fraction of sp³-hybridized carbons (Fsp3) is 0.423. The average molecular weight is 461 g/mol. The van der Waals surface area contributed by atoms with E-state index in [1.54, 1.807) is 7.05 Å². The van der Waals surface area contributed by atoms with Gasteiger partial charge in [0.05, 0.1) is 0 Å². The van der Waals surface area contributed by atoms with Crippen LogP contribution >= 0.6 is 0 Å². The van der Waals surface area contributed by atoms with Crippen LogP contribution in [0, 0.1) is 13.8 Å². The Morgan fingerprint density at radius 3 is 2.35 bits per heavy atom. The van der Waals surface area contributed by atoms with Gasteiger partial charge in [0.2, 0.25) is 0 Å². The normalized spacial score (nSPS) is 23.1. The van der Waals surface area contributed by atoms with Crippen LogP contribution in [0.25, 0.3) is 0 Å². The number of hydrogen-bond acceptors (Lipinski definition) is 6. The minimum Gasteiger partial charge on any atom is -0.340 e. The molecule has 8 nitrogen and oxygen atoms in total. The molecule has 0 saturated carbocycles. The summed E-state index contributed by atoms with van der Waals surface area (Å²) < 4.78 is 0. The molecule has 2 aromatic carbocycles. The first-order valence-corrected chi connectivity index (χ1v) is 11.9. The van der Waals surface area contributed by atoms with E-state index in [0.29, 0.717) is 6.54 Å². The van der Waals surface area contributed by atoms with Gasteiger partial charge in [-0.2, -0.15) is 0 Å². The Balaban J connectivity index is 1.34. The van der Waals surface area contributed by atoms with E-state index in [2.05, 4.69) is 76.3 Å². The van der Waals surface area contributed by atoms with E-state index in [4.69, 9.17) is 4.99 Å². The van der Waals surface area contributed by atoms with Crippen LogP contribution in [0.2, 0.25) is 0 Å². The number of fused-ring (bicyclic) bond motifs is 1. The molecule has 0 bridgehead atoms. The van der Waals surface area contributed by atoms with Gasteiger partial charge in [0.1, 0.15) is 0 Å². The van der Waals surface area contributed by atoms with Gasteiger partial charge >= 0.3 is 6.03 Å². The molecule has 0 aromatic heterocycles. The number of nitrogens with one attached hydrogen (secondary N) is 1. The Morgan fingerprint density at radius 1 is 0.912 bits per heavy atom. The third-order valence-electron chi connectivity index (χ3n) is 6.96. The Bertz CT molecular complexity index is 1110. The summed E-state index contributed by atoms with van der Waals surface area (Å²) in [5, 5.41) is 2.50. The standard InChI is InChI=1S/C26H32N6O2/c1-18-7-9-20(10-8-18)16-30-11-13-31(14-12-30)25-27-23-22(24(33)28-26(34)29(23)3)32(25)17-21-6-4-5-19(2)15-21/h4-10,15,22-23H,11-14,16-17H2,1-3H3,(H,28,33,34). The lowest BCUT2D eigenvalue weighted by Crippen LogP contribution is -2.64. The maximum Gasteiger partial charge on any atom is 0.325 e. The topological polar surface area (TPSA) is 71.5 Å². The van der Waals surface area contributed by atoms with Gasteiger partial charge < -0.3 is 14.7 Å². The van der Waals surface area contributed by atoms with Crippen molar-refractivity contribution in [3.8, 4) is 0 Å². The van der Waals surface area contributed by atoms with Gasteiger partial charge in [-0.15, -0.1) is 0 Å². The molecule has 178 valence electrons. The number of rotatable bonds is 4. The van der Waals surface area contributed by atoms with Crippen LogP contribution in [0.1, 0.15) is 22.3 Å². The molecule has 5 rings (SSSR count). The van der Waals surface area contributed by atoms with E-state index >= 15 is 0 Å². The van der Waals surface area contributed by atoms with Crippen molar-refractivity contribution in [3.63, 3.8) is 0 Å². The maximum atomic E-state index is 12.9. The Hall–Kier alpha value is -3.39. The van der Waals surface area contributed by atoms with E-state index in [1.807, 2.05) is 6.07 Å². The summed E-state index contributed by atoms with van der Waals surface area (Å²) in [4.78, 5) is 38.4. The number of carbonyl (C=O) groups excluding carboxylic acids is 2. The van der Waals surface area contributed by atoms with Crippen molar-refractivity contribution in [1.29, 1.82) is 0 Å². The third-order valence-corrected chi connectivity index (χ3v) is 6.96. The molecule has 0 radical (unpaired) electrons. The van der Waals surface area contributed by atoms with E-state index in [1.165, 1.54) is 21.6 Å². The largest absolute Gasteiger partial charge is 0.340 e. The fourth-order valence-electron chi connectivity index (χ4n) is 5.01.